The molecule has 6 nitrogen and oxygen atoms in total. The first-order chi connectivity index (χ1) is 17.8. The fourth-order valence-corrected chi connectivity index (χ4v) is 5.09. The first-order valence-corrected chi connectivity index (χ1v) is 12.4. The number of carbonyl (C=O) groups excluding carboxylic acids is 1. The van der Waals surface area contributed by atoms with Crippen LogP contribution in [0.3, 0.4) is 0 Å². The van der Waals surface area contributed by atoms with E-state index in [4.69, 9.17) is 32.7 Å². The van der Waals surface area contributed by atoms with Gasteiger partial charge in [0.1, 0.15) is 5.82 Å². The predicted octanol–water partition coefficient (Wildman–Crippen LogP) is 6.80. The molecule has 1 aliphatic heterocycles. The van der Waals surface area contributed by atoms with Gasteiger partial charge < -0.3 is 14.8 Å². The van der Waals surface area contributed by atoms with Crippen LogP contribution in [0.15, 0.2) is 77.6 Å². The van der Waals surface area contributed by atoms with Gasteiger partial charge in [-0.15, -0.1) is 0 Å². The number of nitrogens with zero attached hydrogens (tertiary/aromatic N) is 1. The number of hydrogen-bond donors (Lipinski definition) is 1. The van der Waals surface area contributed by atoms with Crippen LogP contribution in [0.1, 0.15) is 40.5 Å². The van der Waals surface area contributed by atoms with Crippen molar-refractivity contribution in [3.05, 3.63) is 110 Å². The highest BCUT2D eigenvalue weighted by atomic mass is 35.5. The normalized spacial score (nSPS) is 16.1. The maximum atomic E-state index is 14.2. The standard InChI is InChI=1S/C29H24Cl2N2O4/c1-16(34)22-15-23(19-8-13-24(36-2)25(14-19)37-3)29(35)33-27(18-6-11-21(31)12-7-18)26(32-28(22)33)17-4-9-20(30)10-5-17/h4-15,26-27,32H,1-3H3/t26-,27+/m1/s1. The van der Waals surface area contributed by atoms with Crippen molar-refractivity contribution in [1.82, 2.24) is 4.57 Å². The van der Waals surface area contributed by atoms with Gasteiger partial charge in [-0.05, 0) is 66.1 Å². The van der Waals surface area contributed by atoms with Crippen LogP contribution in [0.4, 0.5) is 5.82 Å². The zero-order valence-electron chi connectivity index (χ0n) is 20.4. The van der Waals surface area contributed by atoms with Gasteiger partial charge in [0.05, 0.1) is 31.9 Å². The number of rotatable bonds is 6. The fourth-order valence-electron chi connectivity index (χ4n) is 4.84. The van der Waals surface area contributed by atoms with Crippen molar-refractivity contribution in [3.8, 4) is 22.6 Å². The van der Waals surface area contributed by atoms with Gasteiger partial charge in [0.25, 0.3) is 5.56 Å². The summed E-state index contributed by atoms with van der Waals surface area (Å²) in [6.07, 6.45) is 0. The van der Waals surface area contributed by atoms with Crippen LogP contribution in [-0.4, -0.2) is 24.6 Å². The van der Waals surface area contributed by atoms with E-state index in [-0.39, 0.29) is 17.4 Å². The summed E-state index contributed by atoms with van der Waals surface area (Å²) < 4.78 is 12.5. The summed E-state index contributed by atoms with van der Waals surface area (Å²) in [5.41, 5.74) is 2.97. The molecule has 2 atom stereocenters. The number of fused-ring (bicyclic) bond motifs is 1. The van der Waals surface area contributed by atoms with Gasteiger partial charge >= 0.3 is 0 Å². The van der Waals surface area contributed by atoms with Crippen molar-refractivity contribution in [1.29, 1.82) is 0 Å². The Bertz CT molecular complexity index is 1550. The maximum Gasteiger partial charge on any atom is 0.260 e. The number of ketones is 1. The molecule has 3 aromatic carbocycles. The van der Waals surface area contributed by atoms with Crippen LogP contribution in [0.2, 0.25) is 10.0 Å². The molecule has 188 valence electrons. The van der Waals surface area contributed by atoms with E-state index in [1.165, 1.54) is 14.0 Å². The Morgan fingerprint density at radius 3 is 2.00 bits per heavy atom. The predicted molar refractivity (Wildman–Crippen MR) is 147 cm³/mol. The monoisotopic (exact) mass is 534 g/mol. The first kappa shape index (κ1) is 24.9. The largest absolute Gasteiger partial charge is 0.493 e. The van der Waals surface area contributed by atoms with Crippen molar-refractivity contribution < 1.29 is 14.3 Å². The SMILES string of the molecule is COc1ccc(-c2cc(C(C)=O)c3n(c2=O)[C@@H](c2ccc(Cl)cc2)[C@@H](c2ccc(Cl)cc2)N3)cc1OC. The summed E-state index contributed by atoms with van der Waals surface area (Å²) in [6.45, 7) is 1.49. The minimum atomic E-state index is -0.445. The summed E-state index contributed by atoms with van der Waals surface area (Å²) in [5, 5.41) is 4.67. The van der Waals surface area contributed by atoms with Crippen molar-refractivity contribution in [2.75, 3.05) is 19.5 Å². The Kier molecular flexibility index (Phi) is 6.71. The number of methoxy groups -OCH3 is 2. The number of carbonyl (C=O) groups is 1. The molecular formula is C29H24Cl2N2O4. The summed E-state index contributed by atoms with van der Waals surface area (Å²) in [5.74, 6) is 1.34. The van der Waals surface area contributed by atoms with Crippen molar-refractivity contribution >= 4 is 34.8 Å². The average Bonchev–Trinajstić information content (AvgIpc) is 3.30. The Balaban J connectivity index is 1.77. The van der Waals surface area contributed by atoms with E-state index in [1.807, 2.05) is 36.4 Å². The lowest BCUT2D eigenvalue weighted by Crippen LogP contribution is -2.26. The Morgan fingerprint density at radius 1 is 0.838 bits per heavy atom. The minimum absolute atomic E-state index is 0.162. The molecule has 0 saturated heterocycles. The topological polar surface area (TPSA) is 69.6 Å². The lowest BCUT2D eigenvalue weighted by molar-refractivity contribution is 0.101. The number of nitrogens with one attached hydrogen (secondary N) is 1. The molecule has 0 saturated carbocycles. The average molecular weight is 535 g/mol. The molecular weight excluding hydrogens is 511 g/mol. The van der Waals surface area contributed by atoms with Gasteiger partial charge in [-0.2, -0.15) is 0 Å². The third-order valence-corrected chi connectivity index (χ3v) is 7.14. The van der Waals surface area contributed by atoms with Crippen LogP contribution in [0.25, 0.3) is 11.1 Å². The van der Waals surface area contributed by atoms with Crippen molar-refractivity contribution in [3.63, 3.8) is 0 Å². The second-order valence-electron chi connectivity index (χ2n) is 8.79. The minimum Gasteiger partial charge on any atom is -0.493 e. The molecule has 0 aliphatic carbocycles. The van der Waals surface area contributed by atoms with Gasteiger partial charge in [0, 0.05) is 15.6 Å². The number of ether oxygens (including phenoxy) is 2. The second-order valence-corrected chi connectivity index (χ2v) is 9.66. The maximum absolute atomic E-state index is 14.2. The van der Waals surface area contributed by atoms with Gasteiger partial charge in [0.2, 0.25) is 0 Å². The summed E-state index contributed by atoms with van der Waals surface area (Å²) in [6, 6.07) is 21.0. The van der Waals surface area contributed by atoms with Crippen molar-refractivity contribution in [2.24, 2.45) is 0 Å². The van der Waals surface area contributed by atoms with E-state index in [2.05, 4.69) is 5.32 Å². The zero-order valence-corrected chi connectivity index (χ0v) is 21.9. The van der Waals surface area contributed by atoms with E-state index in [0.29, 0.717) is 44.1 Å². The molecule has 5 rings (SSSR count). The van der Waals surface area contributed by atoms with Gasteiger partial charge in [0.15, 0.2) is 17.3 Å². The molecule has 0 fully saturated rings. The molecule has 1 aliphatic rings. The first-order valence-electron chi connectivity index (χ1n) is 11.6. The number of halogens is 2. The number of aromatic nitrogens is 1. The fraction of sp³-hybridized carbons (Fsp3) is 0.172. The summed E-state index contributed by atoms with van der Waals surface area (Å²) >= 11 is 12.3. The van der Waals surface area contributed by atoms with E-state index < -0.39 is 6.04 Å². The molecule has 0 unspecified atom stereocenters. The van der Waals surface area contributed by atoms with Gasteiger partial charge in [-0.1, -0.05) is 53.5 Å². The van der Waals surface area contributed by atoms with Gasteiger partial charge in [-0.3, -0.25) is 14.2 Å². The molecule has 0 spiro atoms. The lowest BCUT2D eigenvalue weighted by Gasteiger charge is -2.22. The van der Waals surface area contributed by atoms with Gasteiger partial charge in [-0.25, -0.2) is 0 Å². The molecule has 1 N–H and O–H groups in total. The highest BCUT2D eigenvalue weighted by Gasteiger charge is 2.38. The summed E-state index contributed by atoms with van der Waals surface area (Å²) in [7, 11) is 3.09. The molecule has 8 heteroatoms. The number of anilines is 1. The van der Waals surface area contributed by atoms with E-state index in [9.17, 15) is 9.59 Å². The third-order valence-electron chi connectivity index (χ3n) is 6.63. The number of pyridine rings is 1. The van der Waals surface area contributed by atoms with Crippen molar-refractivity contribution in [2.45, 2.75) is 19.0 Å². The van der Waals surface area contributed by atoms with E-state index in [1.54, 1.807) is 48.1 Å². The zero-order chi connectivity index (χ0) is 26.3. The molecule has 2 heterocycles. The van der Waals surface area contributed by atoms with Crippen LogP contribution in [0, 0.1) is 0 Å². The highest BCUT2D eigenvalue weighted by molar-refractivity contribution is 6.30. The van der Waals surface area contributed by atoms with Crippen LogP contribution < -0.4 is 20.3 Å². The highest BCUT2D eigenvalue weighted by Crippen LogP contribution is 2.44. The number of hydrogen-bond acceptors (Lipinski definition) is 5. The molecule has 4 aromatic rings. The Hall–Kier alpha value is -3.74. The Labute approximate surface area is 224 Å². The van der Waals surface area contributed by atoms with Crippen LogP contribution >= 0.6 is 23.2 Å². The second kappa shape index (κ2) is 9.96. The molecule has 0 radical (unpaired) electrons. The molecule has 1 aromatic heterocycles. The quantitative estimate of drug-likeness (QED) is 0.275. The van der Waals surface area contributed by atoms with E-state index >= 15 is 0 Å². The molecule has 37 heavy (non-hydrogen) atoms. The molecule has 0 amide bonds. The number of benzene rings is 3. The Morgan fingerprint density at radius 2 is 1.43 bits per heavy atom. The van der Waals surface area contributed by atoms with Crippen LogP contribution in [-0.2, 0) is 0 Å². The number of Topliss-reactive ketones (excluding diaryl/α,β-unsaturated/α-hetero) is 1. The molecule has 0 bridgehead atoms. The summed E-state index contributed by atoms with van der Waals surface area (Å²) in [4.78, 5) is 27.0. The lowest BCUT2D eigenvalue weighted by atomic mass is 9.94. The van der Waals surface area contributed by atoms with Crippen LogP contribution in [0.5, 0.6) is 11.5 Å². The third kappa shape index (κ3) is 4.47. The smallest absolute Gasteiger partial charge is 0.260 e. The van der Waals surface area contributed by atoms with E-state index in [0.717, 1.165) is 11.1 Å².